The zero-order chi connectivity index (χ0) is 24.3. The molecule has 0 fully saturated rings. The van der Waals surface area contributed by atoms with Crippen LogP contribution in [0.15, 0.2) is 97.1 Å². The summed E-state index contributed by atoms with van der Waals surface area (Å²) in [4.78, 5) is 0. The molecule has 174 valence electrons. The molecule has 8 heteroatoms. The molecule has 0 amide bonds. The highest BCUT2D eigenvalue weighted by atomic mass is 32.2. The van der Waals surface area contributed by atoms with Crippen LogP contribution in [0.1, 0.15) is 0 Å². The lowest BCUT2D eigenvalue weighted by Gasteiger charge is -2.18. The molecule has 6 nitrogen and oxygen atoms in total. The zero-order valence-electron chi connectivity index (χ0n) is 18.7. The molecule has 0 aliphatic heterocycles. The fraction of sp³-hybridized carbons (Fsp3) is 0.0769. The zero-order valence-corrected chi connectivity index (χ0v) is 20.3. The molecule has 0 aromatic heterocycles. The van der Waals surface area contributed by atoms with Gasteiger partial charge in [-0.15, -0.1) is 0 Å². The van der Waals surface area contributed by atoms with Crippen molar-refractivity contribution in [2.75, 3.05) is 22.0 Å². The van der Waals surface area contributed by atoms with E-state index in [1.165, 1.54) is 0 Å². The second kappa shape index (κ2) is 9.32. The van der Waals surface area contributed by atoms with E-state index < -0.39 is 20.0 Å². The van der Waals surface area contributed by atoms with E-state index in [9.17, 15) is 16.8 Å². The molecule has 4 aromatic rings. The van der Waals surface area contributed by atoms with Crippen LogP contribution in [-0.2, 0) is 20.0 Å². The van der Waals surface area contributed by atoms with E-state index in [0.717, 1.165) is 45.9 Å². The first-order chi connectivity index (χ1) is 16.1. The quantitative estimate of drug-likeness (QED) is 0.360. The maximum absolute atomic E-state index is 11.8. The maximum atomic E-state index is 11.8. The largest absolute Gasteiger partial charge is 0.284 e. The van der Waals surface area contributed by atoms with Crippen molar-refractivity contribution in [2.24, 2.45) is 0 Å². The molecule has 0 spiro atoms. The molecule has 4 rings (SSSR count). The monoisotopic (exact) mass is 492 g/mol. The van der Waals surface area contributed by atoms with Crippen molar-refractivity contribution in [3.05, 3.63) is 97.1 Å². The fourth-order valence-electron chi connectivity index (χ4n) is 3.83. The highest BCUT2D eigenvalue weighted by Crippen LogP contribution is 2.40. The second-order valence-corrected chi connectivity index (χ2v) is 11.5. The van der Waals surface area contributed by atoms with Gasteiger partial charge in [0, 0.05) is 11.4 Å². The van der Waals surface area contributed by atoms with Gasteiger partial charge in [0.25, 0.3) is 0 Å². The fourth-order valence-corrected chi connectivity index (χ4v) is 4.94. The van der Waals surface area contributed by atoms with Gasteiger partial charge < -0.3 is 0 Å². The van der Waals surface area contributed by atoms with Crippen molar-refractivity contribution in [3.8, 4) is 33.4 Å². The van der Waals surface area contributed by atoms with Crippen LogP contribution in [0.25, 0.3) is 33.4 Å². The van der Waals surface area contributed by atoms with Gasteiger partial charge in [-0.25, -0.2) is 16.8 Å². The average molecular weight is 493 g/mol. The highest BCUT2D eigenvalue weighted by molar-refractivity contribution is 7.92. The minimum Gasteiger partial charge on any atom is -0.284 e. The Morgan fingerprint density at radius 1 is 0.471 bits per heavy atom. The minimum absolute atomic E-state index is 0.460. The van der Waals surface area contributed by atoms with E-state index in [-0.39, 0.29) is 0 Å². The first-order valence-corrected chi connectivity index (χ1v) is 14.2. The SMILES string of the molecule is CS(=O)(=O)Nc1ccc(-c2ccc(NS(C)(=O)=O)cc2-c2ccccc2)c(-c2ccccc2)c1. The van der Waals surface area contributed by atoms with Crippen LogP contribution in [0.2, 0.25) is 0 Å². The van der Waals surface area contributed by atoms with Crippen molar-refractivity contribution in [2.45, 2.75) is 0 Å². The maximum Gasteiger partial charge on any atom is 0.229 e. The lowest BCUT2D eigenvalue weighted by molar-refractivity contribution is 0.605. The third-order valence-corrected chi connectivity index (χ3v) is 6.32. The molecule has 2 N–H and O–H groups in total. The van der Waals surface area contributed by atoms with Gasteiger partial charge in [0.15, 0.2) is 0 Å². The summed E-state index contributed by atoms with van der Waals surface area (Å²) in [5, 5.41) is 0. The summed E-state index contributed by atoms with van der Waals surface area (Å²) in [5.41, 5.74) is 6.22. The summed E-state index contributed by atoms with van der Waals surface area (Å²) in [6.45, 7) is 0. The predicted octanol–water partition coefficient (Wildman–Crippen LogP) is 5.43. The van der Waals surface area contributed by atoms with E-state index >= 15 is 0 Å². The number of rotatable bonds is 7. The molecule has 0 atom stereocenters. The molecule has 4 aromatic carbocycles. The Hall–Kier alpha value is -3.62. The van der Waals surface area contributed by atoms with Crippen LogP contribution in [-0.4, -0.2) is 29.3 Å². The van der Waals surface area contributed by atoms with Crippen molar-refractivity contribution in [1.29, 1.82) is 0 Å². The molecule has 0 unspecified atom stereocenters. The Morgan fingerprint density at radius 3 is 1.15 bits per heavy atom. The Labute approximate surface area is 200 Å². The first-order valence-electron chi connectivity index (χ1n) is 10.4. The molecule has 0 radical (unpaired) electrons. The summed E-state index contributed by atoms with van der Waals surface area (Å²) >= 11 is 0. The summed E-state index contributed by atoms with van der Waals surface area (Å²) in [6, 6.07) is 30.2. The average Bonchev–Trinajstić information content (AvgIpc) is 2.78. The molecule has 0 saturated carbocycles. The molecule has 0 saturated heterocycles. The summed E-state index contributed by atoms with van der Waals surface area (Å²) in [5.74, 6) is 0. The number of benzene rings is 4. The van der Waals surface area contributed by atoms with Gasteiger partial charge >= 0.3 is 0 Å². The molecule has 0 heterocycles. The van der Waals surface area contributed by atoms with Crippen LogP contribution in [0.5, 0.6) is 0 Å². The molecular weight excluding hydrogens is 468 g/mol. The number of nitrogens with one attached hydrogen (secondary N) is 2. The van der Waals surface area contributed by atoms with Gasteiger partial charge in [-0.05, 0) is 57.6 Å². The van der Waals surface area contributed by atoms with E-state index in [0.29, 0.717) is 11.4 Å². The summed E-state index contributed by atoms with van der Waals surface area (Å²) in [7, 11) is -6.89. The standard InChI is InChI=1S/C26H24N2O4S2/c1-33(29,30)27-21-13-15-23(25(17-21)19-9-5-3-6-10-19)24-16-14-22(28-34(2,31)32)18-26(24)20-11-7-4-8-12-20/h3-18,27-28H,1-2H3. The summed E-state index contributed by atoms with van der Waals surface area (Å²) < 4.78 is 52.4. The van der Waals surface area contributed by atoms with Crippen LogP contribution in [0.4, 0.5) is 11.4 Å². The van der Waals surface area contributed by atoms with E-state index in [2.05, 4.69) is 9.44 Å². The smallest absolute Gasteiger partial charge is 0.229 e. The molecule has 0 aliphatic rings. The van der Waals surface area contributed by atoms with Crippen molar-refractivity contribution >= 4 is 31.4 Å². The van der Waals surface area contributed by atoms with Gasteiger partial charge in [0.1, 0.15) is 0 Å². The Morgan fingerprint density at radius 2 is 0.824 bits per heavy atom. The molecule has 34 heavy (non-hydrogen) atoms. The van der Waals surface area contributed by atoms with Crippen LogP contribution >= 0.6 is 0 Å². The lowest BCUT2D eigenvalue weighted by atomic mass is 9.89. The Balaban J connectivity index is 1.96. The Bertz CT molecular complexity index is 1420. The highest BCUT2D eigenvalue weighted by Gasteiger charge is 2.16. The number of sulfonamides is 2. The molecular formula is C26H24N2O4S2. The number of hydrogen-bond donors (Lipinski definition) is 2. The van der Waals surface area contributed by atoms with Gasteiger partial charge in [-0.1, -0.05) is 72.8 Å². The third-order valence-electron chi connectivity index (χ3n) is 5.11. The lowest BCUT2D eigenvalue weighted by Crippen LogP contribution is -2.10. The van der Waals surface area contributed by atoms with E-state index in [4.69, 9.17) is 0 Å². The molecule has 0 bridgehead atoms. The Kier molecular flexibility index (Phi) is 6.45. The van der Waals surface area contributed by atoms with Crippen molar-refractivity contribution < 1.29 is 16.8 Å². The number of hydrogen-bond acceptors (Lipinski definition) is 4. The van der Waals surface area contributed by atoms with Crippen LogP contribution in [0.3, 0.4) is 0 Å². The van der Waals surface area contributed by atoms with Crippen LogP contribution in [0, 0.1) is 0 Å². The van der Waals surface area contributed by atoms with Crippen molar-refractivity contribution in [3.63, 3.8) is 0 Å². The van der Waals surface area contributed by atoms with Gasteiger partial charge in [0.2, 0.25) is 20.0 Å². The minimum atomic E-state index is -3.44. The van der Waals surface area contributed by atoms with E-state index in [1.807, 2.05) is 84.9 Å². The first kappa shape index (κ1) is 23.5. The van der Waals surface area contributed by atoms with Gasteiger partial charge in [0.05, 0.1) is 12.5 Å². The van der Waals surface area contributed by atoms with Gasteiger partial charge in [-0.3, -0.25) is 9.44 Å². The molecule has 0 aliphatic carbocycles. The normalized spacial score (nSPS) is 11.7. The van der Waals surface area contributed by atoms with Gasteiger partial charge in [-0.2, -0.15) is 0 Å². The topological polar surface area (TPSA) is 92.3 Å². The van der Waals surface area contributed by atoms with E-state index in [1.54, 1.807) is 12.1 Å². The second-order valence-electron chi connectivity index (χ2n) is 8.00. The predicted molar refractivity (Wildman–Crippen MR) is 140 cm³/mol. The van der Waals surface area contributed by atoms with Crippen LogP contribution < -0.4 is 9.44 Å². The number of anilines is 2. The van der Waals surface area contributed by atoms with Crippen molar-refractivity contribution in [1.82, 2.24) is 0 Å². The third kappa shape index (κ3) is 5.84. The summed E-state index contributed by atoms with van der Waals surface area (Å²) in [6.07, 6.45) is 2.23.